The number of amides is 2. The summed E-state index contributed by atoms with van der Waals surface area (Å²) in [6.07, 6.45) is 7.20. The van der Waals surface area contributed by atoms with Crippen molar-refractivity contribution in [1.29, 1.82) is 0 Å². The van der Waals surface area contributed by atoms with Crippen LogP contribution in [0.5, 0.6) is 0 Å². The number of benzene rings is 1. The number of rotatable bonds is 7. The Morgan fingerprint density at radius 2 is 1.70 bits per heavy atom. The van der Waals surface area contributed by atoms with Gasteiger partial charge < -0.3 is 15.4 Å². The second kappa shape index (κ2) is 9.38. The van der Waals surface area contributed by atoms with Crippen LogP contribution in [-0.2, 0) is 9.53 Å². The quantitative estimate of drug-likeness (QED) is 0.656. The Morgan fingerprint density at radius 1 is 1.06 bits per heavy atom. The molecule has 2 amide bonds. The first kappa shape index (κ1) is 22.9. The molecule has 1 saturated heterocycles. The predicted octanol–water partition coefficient (Wildman–Crippen LogP) is 3.93. The van der Waals surface area contributed by atoms with Gasteiger partial charge in [-0.25, -0.2) is 0 Å². The molecule has 1 aromatic rings. The highest BCUT2D eigenvalue weighted by molar-refractivity contribution is 5.97. The third-order valence-electron chi connectivity index (χ3n) is 8.26. The van der Waals surface area contributed by atoms with Crippen molar-refractivity contribution in [2.75, 3.05) is 38.1 Å². The number of nitrogens with zero attached hydrogens (tertiary/aromatic N) is 1. The first-order valence-corrected chi connectivity index (χ1v) is 12.9. The van der Waals surface area contributed by atoms with Gasteiger partial charge in [-0.05, 0) is 86.5 Å². The third-order valence-corrected chi connectivity index (χ3v) is 8.26. The Balaban J connectivity index is 1.12. The van der Waals surface area contributed by atoms with Crippen molar-refractivity contribution in [3.8, 4) is 0 Å². The molecule has 1 aromatic carbocycles. The van der Waals surface area contributed by atoms with E-state index in [0.717, 1.165) is 62.3 Å². The van der Waals surface area contributed by atoms with Gasteiger partial charge in [0.05, 0.1) is 18.1 Å². The van der Waals surface area contributed by atoms with Crippen LogP contribution < -0.4 is 10.6 Å². The summed E-state index contributed by atoms with van der Waals surface area (Å²) in [4.78, 5) is 28.3. The Morgan fingerprint density at radius 3 is 2.30 bits per heavy atom. The summed E-state index contributed by atoms with van der Waals surface area (Å²) in [5.74, 6) is 2.97. The van der Waals surface area contributed by atoms with E-state index in [1.54, 1.807) is 12.1 Å². The molecule has 5 aliphatic rings. The van der Waals surface area contributed by atoms with Crippen LogP contribution in [-0.4, -0.2) is 55.6 Å². The summed E-state index contributed by atoms with van der Waals surface area (Å²) >= 11 is 0. The minimum Gasteiger partial charge on any atom is -0.374 e. The molecule has 4 bridgehead atoms. The molecule has 0 aromatic heterocycles. The van der Waals surface area contributed by atoms with Crippen molar-refractivity contribution < 1.29 is 14.3 Å². The van der Waals surface area contributed by atoms with E-state index in [2.05, 4.69) is 29.4 Å². The van der Waals surface area contributed by atoms with Crippen LogP contribution in [0.25, 0.3) is 0 Å². The first-order valence-electron chi connectivity index (χ1n) is 12.9. The number of nitrogens with one attached hydrogen (secondary N) is 2. The van der Waals surface area contributed by atoms with Gasteiger partial charge in [-0.3, -0.25) is 14.5 Å². The molecular weight excluding hydrogens is 414 g/mol. The molecule has 4 saturated carbocycles. The molecule has 0 spiro atoms. The third kappa shape index (κ3) is 5.12. The zero-order chi connectivity index (χ0) is 23.0. The van der Waals surface area contributed by atoms with Crippen molar-refractivity contribution in [3.05, 3.63) is 29.8 Å². The lowest BCUT2D eigenvalue weighted by molar-refractivity contribution is -0.140. The molecule has 6 nitrogen and oxygen atoms in total. The second-order valence-corrected chi connectivity index (χ2v) is 11.6. The number of morpholine rings is 1. The van der Waals surface area contributed by atoms with Crippen molar-refractivity contribution in [1.82, 2.24) is 10.2 Å². The fourth-order valence-electron chi connectivity index (χ4n) is 7.25. The predicted molar refractivity (Wildman–Crippen MR) is 129 cm³/mol. The zero-order valence-electron chi connectivity index (χ0n) is 20.1. The summed E-state index contributed by atoms with van der Waals surface area (Å²) in [6, 6.07) is 7.32. The Bertz CT molecular complexity index is 831. The van der Waals surface area contributed by atoms with E-state index in [4.69, 9.17) is 4.74 Å². The molecule has 33 heavy (non-hydrogen) atoms. The van der Waals surface area contributed by atoms with Crippen LogP contribution in [0.15, 0.2) is 24.3 Å². The number of carbonyl (C=O) groups is 2. The summed E-state index contributed by atoms with van der Waals surface area (Å²) in [5, 5.41) is 6.19. The maximum absolute atomic E-state index is 13.2. The van der Waals surface area contributed by atoms with Crippen molar-refractivity contribution >= 4 is 17.5 Å². The van der Waals surface area contributed by atoms with Crippen LogP contribution in [0.4, 0.5) is 5.69 Å². The summed E-state index contributed by atoms with van der Waals surface area (Å²) in [7, 11) is 0. The standard InChI is InChI=1S/C27H39N3O3/c1-18(2)16-30-7-8-33-24(17-30)15-28-25(31)22-3-5-23(6-4-22)29-26(32)27-12-19-9-20(13-27)11-21(10-19)14-27/h3-6,18-21,24H,7-17H2,1-2H3,(H,28,31)(H,29,32). The van der Waals surface area contributed by atoms with Gasteiger partial charge >= 0.3 is 0 Å². The summed E-state index contributed by atoms with van der Waals surface area (Å²) in [6.45, 7) is 8.54. The monoisotopic (exact) mass is 453 g/mol. The van der Waals surface area contributed by atoms with Gasteiger partial charge in [0.15, 0.2) is 0 Å². The van der Waals surface area contributed by atoms with Gasteiger partial charge in [-0.2, -0.15) is 0 Å². The average Bonchev–Trinajstić information content (AvgIpc) is 2.77. The maximum Gasteiger partial charge on any atom is 0.251 e. The molecule has 2 N–H and O–H groups in total. The minimum atomic E-state index is -0.158. The van der Waals surface area contributed by atoms with Crippen molar-refractivity contribution in [2.45, 2.75) is 58.5 Å². The zero-order valence-corrected chi connectivity index (χ0v) is 20.1. The molecule has 5 fully saturated rings. The van der Waals surface area contributed by atoms with E-state index in [1.165, 1.54) is 19.3 Å². The molecule has 4 aliphatic carbocycles. The lowest BCUT2D eigenvalue weighted by atomic mass is 9.49. The van der Waals surface area contributed by atoms with Crippen LogP contribution in [0.2, 0.25) is 0 Å². The van der Waals surface area contributed by atoms with Crippen LogP contribution in [0, 0.1) is 29.1 Å². The van der Waals surface area contributed by atoms with E-state index in [-0.39, 0.29) is 23.3 Å². The minimum absolute atomic E-state index is 0.0280. The van der Waals surface area contributed by atoms with Gasteiger partial charge in [0.25, 0.3) is 5.91 Å². The van der Waals surface area contributed by atoms with Gasteiger partial charge in [-0.1, -0.05) is 13.8 Å². The smallest absolute Gasteiger partial charge is 0.251 e. The van der Waals surface area contributed by atoms with Crippen molar-refractivity contribution in [3.63, 3.8) is 0 Å². The van der Waals surface area contributed by atoms with E-state index in [9.17, 15) is 9.59 Å². The highest BCUT2D eigenvalue weighted by Crippen LogP contribution is 2.60. The highest BCUT2D eigenvalue weighted by atomic mass is 16.5. The summed E-state index contributed by atoms with van der Waals surface area (Å²) in [5.41, 5.74) is 1.23. The van der Waals surface area contributed by atoms with Crippen LogP contribution in [0.1, 0.15) is 62.7 Å². The van der Waals surface area contributed by atoms with Gasteiger partial charge in [-0.15, -0.1) is 0 Å². The topological polar surface area (TPSA) is 70.7 Å². The number of hydrogen-bond donors (Lipinski definition) is 2. The Kier molecular flexibility index (Phi) is 6.49. The largest absolute Gasteiger partial charge is 0.374 e. The first-order chi connectivity index (χ1) is 15.9. The SMILES string of the molecule is CC(C)CN1CCOC(CNC(=O)c2ccc(NC(=O)C34CC5CC(CC(C5)C3)C4)cc2)C1. The molecule has 1 atom stereocenters. The second-order valence-electron chi connectivity index (χ2n) is 11.6. The molecule has 6 heteroatoms. The Labute approximate surface area is 197 Å². The number of carbonyl (C=O) groups excluding carboxylic acids is 2. The van der Waals surface area contributed by atoms with Crippen LogP contribution in [0.3, 0.4) is 0 Å². The molecule has 180 valence electrons. The molecule has 0 radical (unpaired) electrons. The number of ether oxygens (including phenoxy) is 1. The highest BCUT2D eigenvalue weighted by Gasteiger charge is 2.54. The van der Waals surface area contributed by atoms with E-state index >= 15 is 0 Å². The average molecular weight is 454 g/mol. The fraction of sp³-hybridized carbons (Fsp3) is 0.704. The Hall–Kier alpha value is -1.92. The normalized spacial score (nSPS) is 33.3. The molecule has 1 aliphatic heterocycles. The van der Waals surface area contributed by atoms with Gasteiger partial charge in [0.1, 0.15) is 0 Å². The molecule has 1 unspecified atom stereocenters. The molecular formula is C27H39N3O3. The number of hydrogen-bond acceptors (Lipinski definition) is 4. The van der Waals surface area contributed by atoms with Gasteiger partial charge in [0, 0.05) is 37.4 Å². The van der Waals surface area contributed by atoms with Crippen LogP contribution >= 0.6 is 0 Å². The fourth-order valence-corrected chi connectivity index (χ4v) is 7.25. The molecule has 6 rings (SSSR count). The lowest BCUT2D eigenvalue weighted by Gasteiger charge is -2.55. The lowest BCUT2D eigenvalue weighted by Crippen LogP contribution is -2.51. The number of anilines is 1. The van der Waals surface area contributed by atoms with Crippen molar-refractivity contribution in [2.24, 2.45) is 29.1 Å². The van der Waals surface area contributed by atoms with E-state index in [0.29, 0.717) is 24.6 Å². The maximum atomic E-state index is 13.2. The van der Waals surface area contributed by atoms with E-state index in [1.807, 2.05) is 12.1 Å². The van der Waals surface area contributed by atoms with E-state index < -0.39 is 0 Å². The molecule has 1 heterocycles. The summed E-state index contributed by atoms with van der Waals surface area (Å²) < 4.78 is 5.84. The van der Waals surface area contributed by atoms with Gasteiger partial charge in [0.2, 0.25) is 5.91 Å².